The van der Waals surface area contributed by atoms with Gasteiger partial charge in [-0.2, -0.15) is 0 Å². The first-order chi connectivity index (χ1) is 25.2. The van der Waals surface area contributed by atoms with Crippen molar-refractivity contribution in [1.82, 2.24) is 0 Å². The maximum atomic E-state index is 15.5. The van der Waals surface area contributed by atoms with Gasteiger partial charge in [-0.25, -0.2) is 4.79 Å². The SMILES string of the molecule is CCC1(CC(C)(CC(C)(CC2(C)CC(C)(C)OC2=O)C(=O)OC)C(=O)OC2(CC)C3CC4CC(C3)CC2C4)OC(C)(C23CC4CC(CC(C4)C2)C3)OC1=O. The van der Waals surface area contributed by atoms with Gasteiger partial charge in [0.2, 0.25) is 5.79 Å². The highest BCUT2D eigenvalue weighted by atomic mass is 16.8. The zero-order valence-electron chi connectivity index (χ0n) is 34.7. The second kappa shape index (κ2) is 12.4. The highest BCUT2D eigenvalue weighted by Crippen LogP contribution is 2.67. The van der Waals surface area contributed by atoms with Crippen molar-refractivity contribution < 1.29 is 42.9 Å². The van der Waals surface area contributed by atoms with Gasteiger partial charge in [-0.1, -0.05) is 13.8 Å². The molecule has 10 rings (SSSR count). The fraction of sp³-hybridized carbons (Fsp3) is 0.911. The fourth-order valence-electron chi connectivity index (χ4n) is 15.7. The average molecular weight is 753 g/mol. The Labute approximate surface area is 323 Å². The molecule has 9 heteroatoms. The van der Waals surface area contributed by atoms with Crippen molar-refractivity contribution in [3.05, 3.63) is 0 Å². The van der Waals surface area contributed by atoms with Crippen LogP contribution in [0.5, 0.6) is 0 Å². The molecule has 0 aromatic rings. The Morgan fingerprint density at radius 2 is 1.22 bits per heavy atom. The molecule has 0 N–H and O–H groups in total. The van der Waals surface area contributed by atoms with Crippen molar-refractivity contribution in [2.24, 2.45) is 63.1 Å². The smallest absolute Gasteiger partial charge is 0.341 e. The number of rotatable bonds is 12. The Kier molecular flexibility index (Phi) is 8.90. The molecule has 9 nitrogen and oxygen atoms in total. The topological polar surface area (TPSA) is 114 Å². The molecule has 8 saturated carbocycles. The van der Waals surface area contributed by atoms with Crippen LogP contribution in [0.25, 0.3) is 0 Å². The highest BCUT2D eigenvalue weighted by molar-refractivity contribution is 5.86. The van der Waals surface area contributed by atoms with Crippen LogP contribution < -0.4 is 0 Å². The van der Waals surface area contributed by atoms with Gasteiger partial charge in [-0.15, -0.1) is 0 Å². The number of hydrogen-bond donors (Lipinski definition) is 0. The maximum absolute atomic E-state index is 15.5. The molecule has 2 heterocycles. The van der Waals surface area contributed by atoms with Crippen LogP contribution >= 0.6 is 0 Å². The van der Waals surface area contributed by atoms with E-state index < -0.39 is 50.8 Å². The molecular weight excluding hydrogens is 684 g/mol. The number of hydrogen-bond acceptors (Lipinski definition) is 9. The maximum Gasteiger partial charge on any atom is 0.341 e. The van der Waals surface area contributed by atoms with Gasteiger partial charge in [0, 0.05) is 25.2 Å². The monoisotopic (exact) mass is 752 g/mol. The Balaban J connectivity index is 1.16. The minimum atomic E-state index is -1.41. The van der Waals surface area contributed by atoms with Gasteiger partial charge >= 0.3 is 23.9 Å². The van der Waals surface area contributed by atoms with Crippen molar-refractivity contribution in [2.75, 3.05) is 7.11 Å². The summed E-state index contributed by atoms with van der Waals surface area (Å²) in [5.74, 6) is 1.13. The molecular formula is C45H68O9. The molecule has 2 aliphatic heterocycles. The molecule has 0 spiro atoms. The first-order valence-electron chi connectivity index (χ1n) is 21.7. The molecule has 5 atom stereocenters. The Morgan fingerprint density at radius 3 is 1.69 bits per heavy atom. The summed E-state index contributed by atoms with van der Waals surface area (Å²) in [6.07, 6.45) is 14.0. The molecule has 8 aliphatic carbocycles. The van der Waals surface area contributed by atoms with Crippen LogP contribution in [0.1, 0.15) is 165 Å². The minimum absolute atomic E-state index is 0.00966. The molecule has 0 radical (unpaired) electrons. The third kappa shape index (κ3) is 5.83. The van der Waals surface area contributed by atoms with Gasteiger partial charge in [0.05, 0.1) is 23.4 Å². The summed E-state index contributed by atoms with van der Waals surface area (Å²) >= 11 is 0. The van der Waals surface area contributed by atoms with Gasteiger partial charge in [0.15, 0.2) is 5.60 Å². The number of cyclic esters (lactones) is 2. The van der Waals surface area contributed by atoms with Crippen molar-refractivity contribution in [3.8, 4) is 0 Å². The van der Waals surface area contributed by atoms with Crippen LogP contribution in [0.15, 0.2) is 0 Å². The van der Waals surface area contributed by atoms with E-state index in [4.69, 9.17) is 23.7 Å². The third-order valence-corrected chi connectivity index (χ3v) is 17.1. The Hall–Kier alpha value is -2.16. The van der Waals surface area contributed by atoms with Crippen molar-refractivity contribution in [1.29, 1.82) is 0 Å². The van der Waals surface area contributed by atoms with Crippen molar-refractivity contribution >= 4 is 23.9 Å². The lowest BCUT2D eigenvalue weighted by Crippen LogP contribution is -2.61. The van der Waals surface area contributed by atoms with Crippen LogP contribution in [0.4, 0.5) is 0 Å². The summed E-state index contributed by atoms with van der Waals surface area (Å²) in [6.45, 7) is 15.4. The van der Waals surface area contributed by atoms with E-state index >= 15 is 4.79 Å². The lowest BCUT2D eigenvalue weighted by molar-refractivity contribution is -0.288. The molecule has 10 aliphatic rings. The van der Waals surface area contributed by atoms with Crippen LogP contribution in [-0.4, -0.2) is 53.6 Å². The second-order valence-corrected chi connectivity index (χ2v) is 22.0. The van der Waals surface area contributed by atoms with E-state index in [0.29, 0.717) is 54.3 Å². The Morgan fingerprint density at radius 1 is 0.704 bits per heavy atom. The van der Waals surface area contributed by atoms with Gasteiger partial charge < -0.3 is 23.7 Å². The zero-order valence-corrected chi connectivity index (χ0v) is 34.7. The Bertz CT molecular complexity index is 1520. The fourth-order valence-corrected chi connectivity index (χ4v) is 15.7. The largest absolute Gasteiger partial charge is 0.469 e. The zero-order chi connectivity index (χ0) is 38.9. The molecule has 302 valence electrons. The molecule has 5 unspecified atom stereocenters. The van der Waals surface area contributed by atoms with Crippen LogP contribution in [0.3, 0.4) is 0 Å². The predicted octanol–water partition coefficient (Wildman–Crippen LogP) is 8.88. The summed E-state index contributed by atoms with van der Waals surface area (Å²) in [5.41, 5.74) is -6.56. The van der Waals surface area contributed by atoms with E-state index in [-0.39, 0.29) is 36.6 Å². The van der Waals surface area contributed by atoms with Crippen LogP contribution in [-0.2, 0) is 42.9 Å². The van der Waals surface area contributed by atoms with E-state index in [1.807, 2.05) is 41.5 Å². The second-order valence-electron chi connectivity index (χ2n) is 22.0. The van der Waals surface area contributed by atoms with Crippen molar-refractivity contribution in [2.45, 2.75) is 187 Å². The average Bonchev–Trinajstić information content (AvgIpc) is 3.46. The van der Waals surface area contributed by atoms with Gasteiger partial charge in [-0.3, -0.25) is 14.4 Å². The molecule has 10 fully saturated rings. The van der Waals surface area contributed by atoms with E-state index in [1.165, 1.54) is 32.8 Å². The molecule has 0 aromatic heterocycles. The third-order valence-electron chi connectivity index (χ3n) is 17.1. The van der Waals surface area contributed by atoms with Gasteiger partial charge in [0.1, 0.15) is 11.2 Å². The van der Waals surface area contributed by atoms with Gasteiger partial charge in [0.25, 0.3) is 0 Å². The lowest BCUT2D eigenvalue weighted by atomic mass is 9.47. The molecule has 0 amide bonds. The molecule has 54 heavy (non-hydrogen) atoms. The number of methoxy groups -OCH3 is 1. The first kappa shape index (κ1) is 38.7. The van der Waals surface area contributed by atoms with E-state index in [1.54, 1.807) is 6.92 Å². The molecule has 2 saturated heterocycles. The number of esters is 4. The molecule has 0 aromatic carbocycles. The van der Waals surface area contributed by atoms with Crippen molar-refractivity contribution in [3.63, 3.8) is 0 Å². The predicted molar refractivity (Wildman–Crippen MR) is 200 cm³/mol. The summed E-state index contributed by atoms with van der Waals surface area (Å²) in [6, 6.07) is 0. The standard InChI is InChI=1S/C45H68O9/c1-10-44(37(49)52-42(8,54-44)43-20-29-13-30(21-43)15-31(14-29)22-43)26-41(7,25-40(6,34(46)50-9)24-39(5)23-38(3,4)51-35(39)47)36(48)53-45(11-2)32-16-27-12-28(18-32)19-33(45)17-27/h27-33H,10-26H2,1-9H3. The quantitative estimate of drug-likeness (QED) is 0.142. The van der Waals surface area contributed by atoms with E-state index in [9.17, 15) is 14.4 Å². The number of carbonyl (C=O) groups is 4. The summed E-state index contributed by atoms with van der Waals surface area (Å²) in [5, 5.41) is 0. The minimum Gasteiger partial charge on any atom is -0.469 e. The number of ether oxygens (including phenoxy) is 5. The van der Waals surface area contributed by atoms with E-state index in [2.05, 4.69) is 6.92 Å². The summed E-state index contributed by atoms with van der Waals surface area (Å²) in [7, 11) is 1.36. The van der Waals surface area contributed by atoms with Gasteiger partial charge in [-0.05, 0) is 172 Å². The van der Waals surface area contributed by atoms with Crippen LogP contribution in [0, 0.1) is 63.1 Å². The molecule has 8 bridgehead atoms. The summed E-state index contributed by atoms with van der Waals surface area (Å²) < 4.78 is 32.1. The van der Waals surface area contributed by atoms with E-state index in [0.717, 1.165) is 51.4 Å². The summed E-state index contributed by atoms with van der Waals surface area (Å²) in [4.78, 5) is 57.6. The number of carbonyl (C=O) groups excluding carboxylic acids is 4. The first-order valence-corrected chi connectivity index (χ1v) is 21.7. The van der Waals surface area contributed by atoms with Crippen LogP contribution in [0.2, 0.25) is 0 Å². The lowest BCUT2D eigenvalue weighted by Gasteiger charge is -2.61. The highest BCUT2D eigenvalue weighted by Gasteiger charge is 2.70. The normalized spacial score (nSPS) is 47.5.